The summed E-state index contributed by atoms with van der Waals surface area (Å²) in [5.74, 6) is 7.21. The van der Waals surface area contributed by atoms with E-state index in [1.165, 1.54) is 12.8 Å². The van der Waals surface area contributed by atoms with Gasteiger partial charge in [-0.25, -0.2) is 0 Å². The van der Waals surface area contributed by atoms with Gasteiger partial charge in [-0.05, 0) is 108 Å². The molecule has 1 saturated carbocycles. The number of carbonyl (C=O) groups is 1. The van der Waals surface area contributed by atoms with Crippen LogP contribution in [0.2, 0.25) is 0 Å². The van der Waals surface area contributed by atoms with Crippen LogP contribution in [0.5, 0.6) is 0 Å². The lowest BCUT2D eigenvalue weighted by Crippen LogP contribution is -2.39. The average Bonchev–Trinajstić information content (AvgIpc) is 2.83. The molecule has 206 valence electrons. The van der Waals surface area contributed by atoms with Crippen molar-refractivity contribution in [3.8, 4) is 11.8 Å². The van der Waals surface area contributed by atoms with Crippen LogP contribution in [-0.2, 0) is 6.54 Å². The first kappa shape index (κ1) is 29.5. The van der Waals surface area contributed by atoms with Gasteiger partial charge in [0.1, 0.15) is 5.60 Å². The summed E-state index contributed by atoms with van der Waals surface area (Å²) in [5.41, 5.74) is 4.02. The van der Waals surface area contributed by atoms with Crippen molar-refractivity contribution in [2.24, 2.45) is 11.8 Å². The van der Waals surface area contributed by atoms with E-state index < -0.39 is 5.60 Å². The predicted octanol–water partition coefficient (Wildman–Crippen LogP) is 5.39. The van der Waals surface area contributed by atoms with E-state index in [1.54, 1.807) is 19.9 Å². The van der Waals surface area contributed by atoms with E-state index in [0.29, 0.717) is 28.7 Å². The van der Waals surface area contributed by atoms with Gasteiger partial charge in [-0.15, -0.1) is 0 Å². The first-order valence-electron chi connectivity index (χ1n) is 13.9. The molecule has 1 fully saturated rings. The number of aliphatic hydroxyl groups is 1. The van der Waals surface area contributed by atoms with Crippen molar-refractivity contribution < 1.29 is 9.90 Å². The molecule has 1 aliphatic rings. The summed E-state index contributed by atoms with van der Waals surface area (Å²) >= 11 is 0. The SMILES string of the molecule is CCN(c1cc(C#CC(C)(C)O)cc(C(=O)NCc2c(C)cc(C)[nH]c2=O)c1C)[C@H]1CC[C@H](C(C)C)CC1. The lowest BCUT2D eigenvalue weighted by atomic mass is 9.79. The van der Waals surface area contributed by atoms with Crippen LogP contribution in [0.4, 0.5) is 5.69 Å². The Hall–Kier alpha value is -3.04. The van der Waals surface area contributed by atoms with Gasteiger partial charge in [-0.3, -0.25) is 9.59 Å². The van der Waals surface area contributed by atoms with E-state index in [9.17, 15) is 14.7 Å². The molecule has 6 nitrogen and oxygen atoms in total. The van der Waals surface area contributed by atoms with Gasteiger partial charge in [0.25, 0.3) is 11.5 Å². The molecule has 0 radical (unpaired) electrons. The molecule has 1 aliphatic carbocycles. The molecule has 3 N–H and O–H groups in total. The van der Waals surface area contributed by atoms with E-state index in [1.807, 2.05) is 26.8 Å². The number of nitrogens with one attached hydrogen (secondary N) is 2. The number of rotatable bonds is 7. The second kappa shape index (κ2) is 12.2. The maximum Gasteiger partial charge on any atom is 0.253 e. The Morgan fingerprint density at radius 3 is 2.37 bits per heavy atom. The Morgan fingerprint density at radius 1 is 1.16 bits per heavy atom. The van der Waals surface area contributed by atoms with Crippen LogP contribution in [0.25, 0.3) is 0 Å². The summed E-state index contributed by atoms with van der Waals surface area (Å²) in [4.78, 5) is 31.2. The van der Waals surface area contributed by atoms with E-state index >= 15 is 0 Å². The largest absolute Gasteiger partial charge is 0.378 e. The number of H-pyrrole nitrogens is 1. The minimum absolute atomic E-state index is 0.144. The van der Waals surface area contributed by atoms with E-state index in [2.05, 4.69) is 53.9 Å². The Labute approximate surface area is 228 Å². The van der Waals surface area contributed by atoms with Crippen LogP contribution in [0.3, 0.4) is 0 Å². The number of anilines is 1. The quantitative estimate of drug-likeness (QED) is 0.428. The molecular weight excluding hydrogens is 474 g/mol. The molecule has 1 aromatic carbocycles. The molecule has 3 rings (SSSR count). The third-order valence-corrected chi connectivity index (χ3v) is 7.83. The molecular formula is C32H45N3O3. The first-order chi connectivity index (χ1) is 17.8. The summed E-state index contributed by atoms with van der Waals surface area (Å²) < 4.78 is 0. The number of benzene rings is 1. The van der Waals surface area contributed by atoms with Gasteiger partial charge in [0.2, 0.25) is 0 Å². The number of carbonyl (C=O) groups excluding carboxylic acids is 1. The zero-order chi connectivity index (χ0) is 28.2. The highest BCUT2D eigenvalue weighted by Crippen LogP contribution is 2.36. The second-order valence-electron chi connectivity index (χ2n) is 11.7. The Morgan fingerprint density at radius 2 is 1.82 bits per heavy atom. The first-order valence-corrected chi connectivity index (χ1v) is 13.9. The summed E-state index contributed by atoms with van der Waals surface area (Å²) in [6.45, 7) is 16.8. The highest BCUT2D eigenvalue weighted by molar-refractivity contribution is 5.97. The topological polar surface area (TPSA) is 85.4 Å². The maximum absolute atomic E-state index is 13.5. The van der Waals surface area contributed by atoms with Crippen LogP contribution in [0.15, 0.2) is 23.0 Å². The minimum Gasteiger partial charge on any atom is -0.378 e. The lowest BCUT2D eigenvalue weighted by Gasteiger charge is -2.40. The smallest absolute Gasteiger partial charge is 0.253 e. The van der Waals surface area contributed by atoms with Crippen LogP contribution >= 0.6 is 0 Å². The fourth-order valence-electron chi connectivity index (χ4n) is 5.60. The minimum atomic E-state index is -1.14. The third-order valence-electron chi connectivity index (χ3n) is 7.83. The van der Waals surface area contributed by atoms with Crippen molar-refractivity contribution in [1.82, 2.24) is 10.3 Å². The monoisotopic (exact) mass is 519 g/mol. The number of amides is 1. The van der Waals surface area contributed by atoms with Crippen molar-refractivity contribution in [2.75, 3.05) is 11.4 Å². The van der Waals surface area contributed by atoms with Crippen LogP contribution in [0.1, 0.15) is 98.6 Å². The molecule has 1 amide bonds. The Kier molecular flexibility index (Phi) is 9.49. The lowest BCUT2D eigenvalue weighted by molar-refractivity contribution is 0.0950. The molecule has 1 heterocycles. The fraction of sp³-hybridized carbons (Fsp3) is 0.562. The standard InChI is InChI=1S/C32H45N3O3/c1-9-35(26-12-10-25(11-13-26)20(2)3)29-18-24(14-15-32(7,8)38)17-27(23(29)6)30(36)33-19-28-21(4)16-22(5)34-31(28)37/h16-18,20,25-26,38H,9-13,19H2,1-8H3,(H,33,36)(H,34,37)/t25-,26-. The number of pyridine rings is 1. The number of aromatic nitrogens is 1. The fourth-order valence-corrected chi connectivity index (χ4v) is 5.60. The van der Waals surface area contributed by atoms with Crippen molar-refractivity contribution >= 4 is 11.6 Å². The molecule has 0 aliphatic heterocycles. The summed E-state index contributed by atoms with van der Waals surface area (Å²) in [6, 6.07) is 6.17. The van der Waals surface area contributed by atoms with Gasteiger partial charge in [-0.1, -0.05) is 25.7 Å². The number of aryl methyl sites for hydroxylation is 2. The summed E-state index contributed by atoms with van der Waals surface area (Å²) in [7, 11) is 0. The van der Waals surface area contributed by atoms with Gasteiger partial charge in [0.15, 0.2) is 0 Å². The number of hydrogen-bond donors (Lipinski definition) is 3. The molecule has 0 bridgehead atoms. The van der Waals surface area contributed by atoms with Gasteiger partial charge < -0.3 is 20.3 Å². The van der Waals surface area contributed by atoms with Gasteiger partial charge in [0.05, 0.1) is 0 Å². The Bertz CT molecular complexity index is 1270. The Balaban J connectivity index is 1.97. The number of hydrogen-bond acceptors (Lipinski definition) is 4. The van der Waals surface area contributed by atoms with Crippen molar-refractivity contribution in [2.45, 2.75) is 99.3 Å². The van der Waals surface area contributed by atoms with Gasteiger partial charge in [0, 0.05) is 47.2 Å². The molecule has 38 heavy (non-hydrogen) atoms. The molecule has 1 aromatic heterocycles. The molecule has 0 atom stereocenters. The normalized spacial score (nSPS) is 17.6. The maximum atomic E-state index is 13.5. The van der Waals surface area contributed by atoms with Crippen LogP contribution in [-0.4, -0.2) is 34.2 Å². The summed E-state index contributed by atoms with van der Waals surface area (Å²) in [5, 5.41) is 13.2. The van der Waals surface area contributed by atoms with Crippen molar-refractivity contribution in [1.29, 1.82) is 0 Å². The van der Waals surface area contributed by atoms with E-state index in [0.717, 1.165) is 47.8 Å². The van der Waals surface area contributed by atoms with Gasteiger partial charge in [-0.2, -0.15) is 0 Å². The molecule has 0 unspecified atom stereocenters. The molecule has 0 spiro atoms. The zero-order valence-corrected chi connectivity index (χ0v) is 24.4. The second-order valence-corrected chi connectivity index (χ2v) is 11.7. The summed E-state index contributed by atoms with van der Waals surface area (Å²) in [6.07, 6.45) is 4.70. The van der Waals surface area contributed by atoms with E-state index in [4.69, 9.17) is 0 Å². The van der Waals surface area contributed by atoms with Crippen LogP contribution in [0, 0.1) is 44.4 Å². The van der Waals surface area contributed by atoms with Crippen molar-refractivity contribution in [3.63, 3.8) is 0 Å². The highest BCUT2D eigenvalue weighted by Gasteiger charge is 2.28. The average molecular weight is 520 g/mol. The molecule has 2 aromatic rings. The zero-order valence-electron chi connectivity index (χ0n) is 24.4. The molecule has 6 heteroatoms. The van der Waals surface area contributed by atoms with Crippen LogP contribution < -0.4 is 15.8 Å². The number of aromatic amines is 1. The molecule has 0 saturated heterocycles. The van der Waals surface area contributed by atoms with Crippen molar-refractivity contribution in [3.05, 3.63) is 62.1 Å². The number of nitrogens with zero attached hydrogens (tertiary/aromatic N) is 1. The van der Waals surface area contributed by atoms with E-state index in [-0.39, 0.29) is 18.0 Å². The van der Waals surface area contributed by atoms with Gasteiger partial charge >= 0.3 is 0 Å². The third kappa shape index (κ3) is 7.29. The predicted molar refractivity (Wildman–Crippen MR) is 156 cm³/mol. The highest BCUT2D eigenvalue weighted by atomic mass is 16.3.